The molecule has 0 radical (unpaired) electrons. The number of carbonyl (C=O) groups is 2. The Morgan fingerprint density at radius 3 is 2.67 bits per heavy atom. The summed E-state index contributed by atoms with van der Waals surface area (Å²) in [5.41, 5.74) is 0.146. The lowest BCUT2D eigenvalue weighted by Gasteiger charge is -2.43. The maximum Gasteiger partial charge on any atom is 0.257 e. The molecule has 1 aliphatic carbocycles. The lowest BCUT2D eigenvalue weighted by atomic mass is 9.96. The second kappa shape index (κ2) is 10.7. The van der Waals surface area contributed by atoms with Gasteiger partial charge < -0.3 is 24.0 Å². The van der Waals surface area contributed by atoms with Crippen LogP contribution in [-0.4, -0.2) is 89.8 Å². The molecule has 2 saturated heterocycles. The number of benzene rings is 1. The van der Waals surface area contributed by atoms with Gasteiger partial charge in [0.05, 0.1) is 44.0 Å². The van der Waals surface area contributed by atoms with Gasteiger partial charge in [-0.25, -0.2) is 9.97 Å². The van der Waals surface area contributed by atoms with E-state index in [9.17, 15) is 9.59 Å². The van der Waals surface area contributed by atoms with Crippen LogP contribution in [0.3, 0.4) is 0 Å². The number of carbonyl (C=O) groups excluding carboxylic acids is 2. The Morgan fingerprint density at radius 2 is 1.94 bits per heavy atom. The van der Waals surface area contributed by atoms with Crippen molar-refractivity contribution in [3.05, 3.63) is 52.6 Å². The molecule has 1 aromatic heterocycles. The van der Waals surface area contributed by atoms with Gasteiger partial charge in [0.2, 0.25) is 5.91 Å². The Kier molecular flexibility index (Phi) is 7.41. The van der Waals surface area contributed by atoms with Crippen molar-refractivity contribution in [3.8, 4) is 5.75 Å². The molecule has 2 aromatic rings. The Bertz CT molecular complexity index is 1120. The van der Waals surface area contributed by atoms with Gasteiger partial charge in [0.25, 0.3) is 5.91 Å². The predicted octanol–water partition coefficient (Wildman–Crippen LogP) is 2.85. The summed E-state index contributed by atoms with van der Waals surface area (Å²) in [4.78, 5) is 39.3. The topological polar surface area (TPSA) is 94.1 Å². The monoisotopic (exact) mass is 514 g/mol. The first kappa shape index (κ1) is 24.9. The van der Waals surface area contributed by atoms with Crippen LogP contribution in [0.25, 0.3) is 0 Å². The number of hydrogen-bond acceptors (Lipinski definition) is 7. The second-order valence-corrected chi connectivity index (χ2v) is 10.1. The van der Waals surface area contributed by atoms with Crippen molar-refractivity contribution in [2.45, 2.75) is 37.7 Å². The van der Waals surface area contributed by atoms with E-state index in [2.05, 4.69) is 9.97 Å². The third kappa shape index (κ3) is 5.79. The largest absolute Gasteiger partial charge is 0.490 e. The number of rotatable bonds is 7. The Balaban J connectivity index is 1.35. The van der Waals surface area contributed by atoms with E-state index in [1.807, 2.05) is 6.92 Å². The van der Waals surface area contributed by atoms with Gasteiger partial charge in [-0.05, 0) is 38.0 Å². The van der Waals surface area contributed by atoms with Crippen LogP contribution in [0.4, 0.5) is 0 Å². The number of halogens is 1. The van der Waals surface area contributed by atoms with E-state index in [1.54, 1.807) is 40.3 Å². The molecule has 10 heteroatoms. The van der Waals surface area contributed by atoms with E-state index in [0.29, 0.717) is 67.4 Å². The zero-order chi connectivity index (χ0) is 25.1. The fourth-order valence-electron chi connectivity index (χ4n) is 4.64. The third-order valence-electron chi connectivity index (χ3n) is 6.84. The fourth-order valence-corrected chi connectivity index (χ4v) is 4.82. The molecular weight excluding hydrogens is 484 g/mol. The minimum Gasteiger partial charge on any atom is -0.490 e. The average Bonchev–Trinajstić information content (AvgIpc) is 3.74. The first-order chi connectivity index (χ1) is 17.4. The minimum atomic E-state index is -1.01. The van der Waals surface area contributed by atoms with Gasteiger partial charge in [-0.3, -0.25) is 9.59 Å². The average molecular weight is 515 g/mol. The van der Waals surface area contributed by atoms with Gasteiger partial charge in [0, 0.05) is 36.8 Å². The zero-order valence-electron chi connectivity index (χ0n) is 20.5. The number of aromatic nitrogens is 2. The van der Waals surface area contributed by atoms with Crippen LogP contribution in [-0.2, 0) is 14.3 Å². The van der Waals surface area contributed by atoms with Crippen molar-refractivity contribution in [1.82, 2.24) is 19.8 Å². The zero-order valence-corrected chi connectivity index (χ0v) is 21.2. The molecule has 5 rings (SSSR count). The molecule has 2 aliphatic heterocycles. The quantitative estimate of drug-likeness (QED) is 0.560. The number of aryl methyl sites for hydroxylation is 1. The number of amides is 2. The minimum absolute atomic E-state index is 0.0457. The smallest absolute Gasteiger partial charge is 0.257 e. The summed E-state index contributed by atoms with van der Waals surface area (Å²) in [5.74, 6) is 1.59. The Hall–Kier alpha value is -2.75. The lowest BCUT2D eigenvalue weighted by Crippen LogP contribution is -2.58. The van der Waals surface area contributed by atoms with E-state index in [4.69, 9.17) is 25.8 Å². The summed E-state index contributed by atoms with van der Waals surface area (Å²) in [5, 5.41) is 0.553. The highest BCUT2D eigenvalue weighted by Crippen LogP contribution is 2.38. The summed E-state index contributed by atoms with van der Waals surface area (Å²) in [6.45, 7) is 4.97. The van der Waals surface area contributed by atoms with Gasteiger partial charge in [0.15, 0.2) is 0 Å². The Labute approximate surface area is 215 Å². The van der Waals surface area contributed by atoms with E-state index in [1.165, 1.54) is 0 Å². The molecule has 1 saturated carbocycles. The van der Waals surface area contributed by atoms with Crippen LogP contribution < -0.4 is 4.74 Å². The molecule has 9 nitrogen and oxygen atoms in total. The summed E-state index contributed by atoms with van der Waals surface area (Å²) >= 11 is 6.12. The third-order valence-corrected chi connectivity index (χ3v) is 7.08. The van der Waals surface area contributed by atoms with Gasteiger partial charge in [0.1, 0.15) is 23.8 Å². The molecule has 3 fully saturated rings. The first-order valence-electron chi connectivity index (χ1n) is 12.4. The molecule has 1 aromatic carbocycles. The Morgan fingerprint density at radius 1 is 1.17 bits per heavy atom. The fraction of sp³-hybridized carbons (Fsp3) is 0.538. The highest BCUT2D eigenvalue weighted by atomic mass is 35.5. The van der Waals surface area contributed by atoms with Gasteiger partial charge >= 0.3 is 0 Å². The molecule has 1 atom stereocenters. The van der Waals surface area contributed by atoms with Gasteiger partial charge in [-0.1, -0.05) is 17.7 Å². The molecule has 192 valence electrons. The number of morpholine rings is 2. The van der Waals surface area contributed by atoms with Crippen LogP contribution in [0.1, 0.15) is 47.1 Å². The van der Waals surface area contributed by atoms with Crippen LogP contribution in [0, 0.1) is 6.92 Å². The molecule has 3 heterocycles. The molecule has 3 aliphatic rings. The summed E-state index contributed by atoms with van der Waals surface area (Å²) in [6.07, 6.45) is 3.93. The van der Waals surface area contributed by atoms with E-state index < -0.39 is 5.60 Å². The van der Waals surface area contributed by atoms with Crippen molar-refractivity contribution in [3.63, 3.8) is 0 Å². The van der Waals surface area contributed by atoms with E-state index in [0.717, 1.165) is 18.7 Å². The molecule has 0 spiro atoms. The van der Waals surface area contributed by atoms with Crippen LogP contribution in [0.2, 0.25) is 5.02 Å². The molecular formula is C26H31ClN4O5. The first-order valence-corrected chi connectivity index (χ1v) is 12.8. The molecule has 0 N–H and O–H groups in total. The van der Waals surface area contributed by atoms with Crippen molar-refractivity contribution in [1.29, 1.82) is 0 Å². The second-order valence-electron chi connectivity index (χ2n) is 9.68. The highest BCUT2D eigenvalue weighted by molar-refractivity contribution is 6.30. The highest BCUT2D eigenvalue weighted by Gasteiger charge is 2.43. The molecule has 2 amide bonds. The maximum atomic E-state index is 13.5. The number of ether oxygens (including phenoxy) is 3. The number of nitrogens with zero attached hydrogens (tertiary/aromatic N) is 4. The summed E-state index contributed by atoms with van der Waals surface area (Å²) < 4.78 is 17.7. The van der Waals surface area contributed by atoms with Crippen LogP contribution in [0.5, 0.6) is 5.75 Å². The standard InChI is InChI=1S/C26H31ClN4O5/c1-18-22(15-28-24(29-18)19-5-6-19)25(33)31-9-12-36-26(16-31,14-23(32)30-7-10-34-11-8-30)17-35-21-4-2-3-20(27)13-21/h2-4,13,15,19H,5-12,14,16-17H2,1H3/t26-/m1/s1. The summed E-state index contributed by atoms with van der Waals surface area (Å²) in [6, 6.07) is 7.08. The van der Waals surface area contributed by atoms with Crippen molar-refractivity contribution in [2.24, 2.45) is 0 Å². The lowest BCUT2D eigenvalue weighted by molar-refractivity contribution is -0.155. The van der Waals surface area contributed by atoms with Crippen LogP contribution in [0.15, 0.2) is 30.5 Å². The van der Waals surface area contributed by atoms with Crippen molar-refractivity contribution in [2.75, 3.05) is 52.6 Å². The molecule has 36 heavy (non-hydrogen) atoms. The van der Waals surface area contributed by atoms with Crippen LogP contribution >= 0.6 is 11.6 Å². The van der Waals surface area contributed by atoms with E-state index >= 15 is 0 Å². The summed E-state index contributed by atoms with van der Waals surface area (Å²) in [7, 11) is 0. The van der Waals surface area contributed by atoms with Gasteiger partial charge in [-0.15, -0.1) is 0 Å². The van der Waals surface area contributed by atoms with Crippen molar-refractivity contribution < 1.29 is 23.8 Å². The predicted molar refractivity (Wildman–Crippen MR) is 132 cm³/mol. The van der Waals surface area contributed by atoms with Gasteiger partial charge in [-0.2, -0.15) is 0 Å². The normalized spacial score (nSPS) is 22.4. The maximum absolute atomic E-state index is 13.5. The molecule has 0 unspecified atom stereocenters. The SMILES string of the molecule is Cc1nc(C2CC2)ncc1C(=O)N1CCO[C@](COc2cccc(Cl)c2)(CC(=O)N2CCOCC2)C1. The van der Waals surface area contributed by atoms with E-state index in [-0.39, 0.29) is 31.4 Å². The van der Waals surface area contributed by atoms with Crippen molar-refractivity contribution >= 4 is 23.4 Å². The number of hydrogen-bond donors (Lipinski definition) is 0. The molecule has 0 bridgehead atoms.